The minimum Gasteiger partial charge on any atom is -0.399 e. The number of Topliss-reactive ketones (excluding diaryl/α,β-unsaturated/α-hetero) is 1. The van der Waals surface area contributed by atoms with Crippen molar-refractivity contribution in [3.05, 3.63) is 74.7 Å². The van der Waals surface area contributed by atoms with E-state index in [2.05, 4.69) is 9.88 Å². The van der Waals surface area contributed by atoms with E-state index in [9.17, 15) is 18.8 Å². The van der Waals surface area contributed by atoms with Gasteiger partial charge in [-0.15, -0.1) is 0 Å². The first-order valence-electron chi connectivity index (χ1n) is 10.4. The molecule has 7 nitrogen and oxygen atoms in total. The van der Waals surface area contributed by atoms with E-state index in [1.807, 2.05) is 0 Å². The number of nitrogens with one attached hydrogen (secondary N) is 1. The highest BCUT2D eigenvalue weighted by molar-refractivity contribution is 5.97. The van der Waals surface area contributed by atoms with Crippen LogP contribution in [0.25, 0.3) is 10.9 Å². The molecule has 1 aliphatic heterocycles. The topological polar surface area (TPSA) is 101 Å². The van der Waals surface area contributed by atoms with Crippen molar-refractivity contribution < 1.29 is 10.6 Å². The number of rotatable bonds is 5. The second-order valence-corrected chi connectivity index (χ2v) is 7.59. The fraction of sp³-hybridized carbons (Fsp3) is 0.318. The summed E-state index contributed by atoms with van der Waals surface area (Å²) >= 11 is 0. The Kier molecular flexibility index (Phi) is 5.15. The summed E-state index contributed by atoms with van der Waals surface area (Å²) in [6.45, 7) is 2.02. The number of hydrogen-bond donors (Lipinski definition) is 2. The van der Waals surface area contributed by atoms with Crippen molar-refractivity contribution in [1.82, 2.24) is 14.5 Å². The van der Waals surface area contributed by atoms with E-state index >= 15 is 0 Å². The number of nitrogens with two attached hydrogens (primary N) is 1. The summed E-state index contributed by atoms with van der Waals surface area (Å²) < 4.78 is 22.2. The molecule has 1 aromatic heterocycles. The molecule has 0 radical (unpaired) electrons. The Morgan fingerprint density at radius 1 is 1.17 bits per heavy atom. The number of H-pyrrole nitrogens is 1. The van der Waals surface area contributed by atoms with Crippen LogP contribution in [-0.2, 0) is 6.54 Å². The monoisotopic (exact) mass is 412 g/mol. The number of likely N-dealkylation sites (tertiary alicyclic amines) is 1. The summed E-state index contributed by atoms with van der Waals surface area (Å²) in [6.07, 6.45) is 1.22. The second kappa shape index (κ2) is 8.23. The predicted octanol–water partition coefficient (Wildman–Crippen LogP) is 2.01. The Bertz CT molecular complexity index is 1260. The Morgan fingerprint density at radius 3 is 2.67 bits per heavy atom. The maximum Gasteiger partial charge on any atom is 0.328 e. The summed E-state index contributed by atoms with van der Waals surface area (Å²) in [5.41, 5.74) is 6.01. The zero-order valence-corrected chi connectivity index (χ0v) is 16.4. The van der Waals surface area contributed by atoms with Crippen molar-refractivity contribution in [1.29, 1.82) is 0 Å². The van der Waals surface area contributed by atoms with Gasteiger partial charge >= 0.3 is 5.69 Å². The van der Waals surface area contributed by atoms with Crippen LogP contribution in [0.2, 0.25) is 0 Å². The van der Waals surface area contributed by atoms with Crippen molar-refractivity contribution in [2.45, 2.75) is 19.4 Å². The van der Waals surface area contributed by atoms with Crippen LogP contribution in [0.4, 0.5) is 10.1 Å². The van der Waals surface area contributed by atoms with E-state index in [1.165, 1.54) is 16.7 Å². The molecule has 8 heteroatoms. The lowest BCUT2D eigenvalue weighted by atomic mass is 9.89. The fourth-order valence-electron chi connectivity index (χ4n) is 3.91. The summed E-state index contributed by atoms with van der Waals surface area (Å²) in [5, 5.41) is 0.406. The first-order chi connectivity index (χ1) is 14.8. The van der Waals surface area contributed by atoms with Crippen LogP contribution in [0.5, 0.6) is 0 Å². The SMILES string of the molecule is [3H]c1cc(F)ccc1C(=O)C1CCN(CCn2c(=O)[nH]c3cc(N)ccc3c2=O)CC1. The number of carbonyl (C=O) groups is 1. The van der Waals surface area contributed by atoms with E-state index in [0.29, 0.717) is 49.1 Å². The standard InChI is InChI=1S/C22H23FN4O3/c23-16-3-1-14(2-4-16)20(28)15-7-9-26(10-8-15)11-12-27-21(29)18-6-5-17(24)13-19(18)25-22(27)30/h1-6,13,15H,7-12,24H2,(H,25,30)/i1T. The van der Waals surface area contributed by atoms with Gasteiger partial charge in [0, 0.05) is 30.3 Å². The van der Waals surface area contributed by atoms with Gasteiger partial charge in [0.25, 0.3) is 5.56 Å². The molecule has 3 N–H and O–H groups in total. The molecule has 0 unspecified atom stereocenters. The molecule has 1 aliphatic rings. The molecule has 0 saturated carbocycles. The van der Waals surface area contributed by atoms with Gasteiger partial charge in [0.2, 0.25) is 0 Å². The van der Waals surface area contributed by atoms with Crippen molar-refractivity contribution in [2.75, 3.05) is 25.4 Å². The van der Waals surface area contributed by atoms with Crippen LogP contribution in [0.15, 0.2) is 52.0 Å². The van der Waals surface area contributed by atoms with Crippen molar-refractivity contribution in [2.24, 2.45) is 5.92 Å². The van der Waals surface area contributed by atoms with Gasteiger partial charge in [-0.3, -0.25) is 14.2 Å². The third-order valence-electron chi connectivity index (χ3n) is 5.64. The van der Waals surface area contributed by atoms with E-state index in [-0.39, 0.29) is 35.4 Å². The molecule has 4 rings (SSSR count). The van der Waals surface area contributed by atoms with Gasteiger partial charge in [0.1, 0.15) is 5.82 Å². The summed E-state index contributed by atoms with van der Waals surface area (Å²) in [6, 6.07) is 8.32. The summed E-state index contributed by atoms with van der Waals surface area (Å²) in [4.78, 5) is 42.5. The number of nitrogens with zero attached hydrogens (tertiary/aromatic N) is 2. The van der Waals surface area contributed by atoms with Crippen molar-refractivity contribution in [3.63, 3.8) is 0 Å². The minimum atomic E-state index is -0.529. The van der Waals surface area contributed by atoms with Gasteiger partial charge in [-0.05, 0) is 68.4 Å². The second-order valence-electron chi connectivity index (χ2n) is 7.59. The fourth-order valence-corrected chi connectivity index (χ4v) is 3.91. The van der Waals surface area contributed by atoms with Crippen molar-refractivity contribution in [3.8, 4) is 0 Å². The van der Waals surface area contributed by atoms with Crippen molar-refractivity contribution >= 4 is 22.4 Å². The molecule has 0 atom stereocenters. The quantitative estimate of drug-likeness (QED) is 0.493. The number of nitrogen functional groups attached to an aromatic ring is 1. The highest BCUT2D eigenvalue weighted by Crippen LogP contribution is 2.22. The number of benzene rings is 2. The lowest BCUT2D eigenvalue weighted by molar-refractivity contribution is 0.0837. The van der Waals surface area contributed by atoms with E-state index < -0.39 is 11.5 Å². The highest BCUT2D eigenvalue weighted by atomic mass is 19.1. The lowest BCUT2D eigenvalue weighted by Gasteiger charge is -2.31. The third kappa shape index (κ3) is 4.04. The van der Waals surface area contributed by atoms with Gasteiger partial charge in [0.15, 0.2) is 5.78 Å². The van der Waals surface area contributed by atoms with Crippen LogP contribution >= 0.6 is 0 Å². The molecule has 2 aromatic carbocycles. The molecule has 0 amide bonds. The van der Waals surface area contributed by atoms with Gasteiger partial charge in [-0.25, -0.2) is 9.18 Å². The Balaban J connectivity index is 1.40. The number of carbonyl (C=O) groups excluding carboxylic acids is 1. The molecular weight excluding hydrogens is 387 g/mol. The third-order valence-corrected chi connectivity index (χ3v) is 5.64. The molecule has 0 aliphatic carbocycles. The Hall–Kier alpha value is -3.26. The summed E-state index contributed by atoms with van der Waals surface area (Å²) in [5.74, 6) is -0.882. The number of hydrogen-bond acceptors (Lipinski definition) is 5. The van der Waals surface area contributed by atoms with Gasteiger partial charge in [-0.2, -0.15) is 0 Å². The van der Waals surface area contributed by atoms with E-state index in [0.717, 1.165) is 6.07 Å². The lowest BCUT2D eigenvalue weighted by Crippen LogP contribution is -2.42. The average molecular weight is 412 g/mol. The number of halogens is 1. The number of aromatic amines is 1. The smallest absolute Gasteiger partial charge is 0.328 e. The largest absolute Gasteiger partial charge is 0.399 e. The number of fused-ring (bicyclic) bond motifs is 1. The molecule has 0 bridgehead atoms. The van der Waals surface area contributed by atoms with Crippen LogP contribution in [0, 0.1) is 11.7 Å². The maximum atomic E-state index is 13.2. The number of piperidine rings is 1. The zero-order chi connectivity index (χ0) is 22.1. The molecule has 0 spiro atoms. The molecule has 3 aromatic rings. The molecule has 156 valence electrons. The van der Waals surface area contributed by atoms with Gasteiger partial charge in [-0.1, -0.05) is 0 Å². The van der Waals surface area contributed by atoms with Gasteiger partial charge in [0.05, 0.1) is 12.3 Å². The predicted molar refractivity (Wildman–Crippen MR) is 113 cm³/mol. The first-order valence-corrected chi connectivity index (χ1v) is 9.88. The molecule has 1 fully saturated rings. The van der Waals surface area contributed by atoms with E-state index in [4.69, 9.17) is 7.10 Å². The zero-order valence-electron chi connectivity index (χ0n) is 17.4. The number of ketones is 1. The van der Waals surface area contributed by atoms with Gasteiger partial charge < -0.3 is 15.6 Å². The molecule has 30 heavy (non-hydrogen) atoms. The highest BCUT2D eigenvalue weighted by Gasteiger charge is 2.25. The normalized spacial score (nSPS) is 16.0. The molecule has 2 heterocycles. The maximum absolute atomic E-state index is 13.2. The molecule has 1 saturated heterocycles. The molecular formula is C22H23FN4O3. The van der Waals surface area contributed by atoms with Crippen LogP contribution < -0.4 is 17.0 Å². The number of anilines is 1. The average Bonchev–Trinajstić information content (AvgIpc) is 2.73. The first kappa shape index (κ1) is 18.7. The van der Waals surface area contributed by atoms with Crippen LogP contribution in [0.3, 0.4) is 0 Å². The van der Waals surface area contributed by atoms with Crippen LogP contribution in [-0.4, -0.2) is 39.9 Å². The summed E-state index contributed by atoms with van der Waals surface area (Å²) in [7, 11) is 0. The van der Waals surface area contributed by atoms with E-state index in [1.54, 1.807) is 18.2 Å². The number of aromatic nitrogens is 2. The Labute approximate surface area is 173 Å². The Morgan fingerprint density at radius 2 is 1.93 bits per heavy atom. The minimum absolute atomic E-state index is 0.0934. The van der Waals surface area contributed by atoms with Crippen LogP contribution in [0.1, 0.15) is 24.6 Å².